The van der Waals surface area contributed by atoms with E-state index in [1.165, 1.54) is 24.8 Å². The fourth-order valence-electron chi connectivity index (χ4n) is 4.07. The third kappa shape index (κ3) is 2.00. The van der Waals surface area contributed by atoms with E-state index in [0.717, 1.165) is 30.7 Å². The normalized spacial score (nSPS) is 26.5. The molecule has 1 spiro atoms. The van der Waals surface area contributed by atoms with Crippen LogP contribution in [-0.4, -0.2) is 36.5 Å². The van der Waals surface area contributed by atoms with Gasteiger partial charge in [-0.15, -0.1) is 0 Å². The maximum atomic E-state index is 12.9. The number of carbonyl (C=O) groups is 1. The van der Waals surface area contributed by atoms with Gasteiger partial charge in [-0.25, -0.2) is 0 Å². The van der Waals surface area contributed by atoms with Crippen molar-refractivity contribution in [1.82, 2.24) is 4.90 Å². The van der Waals surface area contributed by atoms with Gasteiger partial charge in [0, 0.05) is 30.1 Å². The third-order valence-corrected chi connectivity index (χ3v) is 5.61. The van der Waals surface area contributed by atoms with E-state index in [1.54, 1.807) is 0 Å². The molecule has 1 aromatic carbocycles. The number of hydrogen-bond donors (Lipinski definition) is 1. The van der Waals surface area contributed by atoms with Crippen LogP contribution in [-0.2, 0) is 17.8 Å². The van der Waals surface area contributed by atoms with Crippen LogP contribution in [0, 0.1) is 5.41 Å². The molecule has 1 amide bonds. The van der Waals surface area contributed by atoms with Crippen LogP contribution in [0.4, 0.5) is 0 Å². The molecule has 1 saturated carbocycles. The molecular weight excluding hydrogens is 264 g/mol. The minimum Gasteiger partial charge on any atom is -0.376 e. The molecule has 112 valence electrons. The minimum atomic E-state index is 0.136. The Morgan fingerprint density at radius 3 is 2.95 bits per heavy atom. The van der Waals surface area contributed by atoms with Gasteiger partial charge in [0.15, 0.2) is 0 Å². The summed E-state index contributed by atoms with van der Waals surface area (Å²) in [6.45, 7) is 2.84. The summed E-state index contributed by atoms with van der Waals surface area (Å²) in [6.07, 6.45) is 4.51. The van der Waals surface area contributed by atoms with E-state index in [2.05, 4.69) is 6.07 Å². The van der Waals surface area contributed by atoms with Crippen LogP contribution in [0.2, 0.25) is 0 Å². The molecular formula is C17H22N2O2. The smallest absolute Gasteiger partial charge is 0.254 e. The Balaban J connectivity index is 1.61. The van der Waals surface area contributed by atoms with E-state index < -0.39 is 0 Å². The monoisotopic (exact) mass is 286 g/mol. The molecule has 0 radical (unpaired) electrons. The van der Waals surface area contributed by atoms with E-state index in [1.807, 2.05) is 17.0 Å². The lowest BCUT2D eigenvalue weighted by Gasteiger charge is -2.41. The zero-order valence-electron chi connectivity index (χ0n) is 12.3. The summed E-state index contributed by atoms with van der Waals surface area (Å²) in [5.74, 6) is 0.136. The molecule has 1 saturated heterocycles. The number of ether oxygens (including phenoxy) is 1. The molecule has 1 unspecified atom stereocenters. The van der Waals surface area contributed by atoms with Crippen molar-refractivity contribution >= 4 is 5.91 Å². The zero-order valence-corrected chi connectivity index (χ0v) is 12.3. The lowest BCUT2D eigenvalue weighted by molar-refractivity contribution is 0.0713. The molecule has 21 heavy (non-hydrogen) atoms. The van der Waals surface area contributed by atoms with Gasteiger partial charge in [-0.05, 0) is 36.5 Å². The first kappa shape index (κ1) is 13.3. The van der Waals surface area contributed by atoms with Crippen molar-refractivity contribution < 1.29 is 9.53 Å². The van der Waals surface area contributed by atoms with Crippen LogP contribution in [0.25, 0.3) is 0 Å². The van der Waals surface area contributed by atoms with Gasteiger partial charge >= 0.3 is 0 Å². The average Bonchev–Trinajstić information content (AvgIpc) is 2.84. The Hall–Kier alpha value is -1.39. The summed E-state index contributed by atoms with van der Waals surface area (Å²) >= 11 is 0. The lowest BCUT2D eigenvalue weighted by Crippen LogP contribution is -2.45. The second kappa shape index (κ2) is 4.82. The third-order valence-electron chi connectivity index (χ3n) is 5.61. The Morgan fingerprint density at radius 1 is 1.38 bits per heavy atom. The maximum Gasteiger partial charge on any atom is 0.254 e. The second-order valence-corrected chi connectivity index (χ2v) is 6.75. The largest absolute Gasteiger partial charge is 0.376 e. The van der Waals surface area contributed by atoms with Gasteiger partial charge in [0.1, 0.15) is 0 Å². The van der Waals surface area contributed by atoms with E-state index in [4.69, 9.17) is 10.5 Å². The van der Waals surface area contributed by atoms with Gasteiger partial charge in [0.2, 0.25) is 0 Å². The Bertz CT molecular complexity index is 580. The van der Waals surface area contributed by atoms with E-state index in [9.17, 15) is 4.79 Å². The first-order valence-corrected chi connectivity index (χ1v) is 7.93. The SMILES string of the molecule is NC1CN(C(=O)c2cccc3c2COCC3)CC12CCC2. The van der Waals surface area contributed by atoms with Crippen LogP contribution in [0.5, 0.6) is 0 Å². The number of nitrogens with two attached hydrogens (primary N) is 1. The van der Waals surface area contributed by atoms with Crippen LogP contribution in [0.15, 0.2) is 18.2 Å². The highest BCUT2D eigenvalue weighted by Gasteiger charge is 2.50. The molecule has 2 N–H and O–H groups in total. The standard InChI is InChI=1S/C17H22N2O2/c18-15-9-19(11-17(15)6-2-7-17)16(20)13-4-1-3-12-5-8-21-10-14(12)13/h1,3-4,15H,2,5-11,18H2. The van der Waals surface area contributed by atoms with Crippen LogP contribution in [0.1, 0.15) is 40.7 Å². The van der Waals surface area contributed by atoms with Gasteiger partial charge in [-0.2, -0.15) is 0 Å². The zero-order chi connectivity index (χ0) is 14.4. The maximum absolute atomic E-state index is 12.9. The molecule has 0 aromatic heterocycles. The van der Waals surface area contributed by atoms with Crippen molar-refractivity contribution in [2.24, 2.45) is 11.1 Å². The van der Waals surface area contributed by atoms with Crippen LogP contribution >= 0.6 is 0 Å². The summed E-state index contributed by atoms with van der Waals surface area (Å²) in [5, 5.41) is 0. The van der Waals surface area contributed by atoms with Crippen molar-refractivity contribution in [3.63, 3.8) is 0 Å². The highest BCUT2D eigenvalue weighted by molar-refractivity contribution is 5.96. The highest BCUT2D eigenvalue weighted by Crippen LogP contribution is 2.47. The van der Waals surface area contributed by atoms with Gasteiger partial charge < -0.3 is 15.4 Å². The quantitative estimate of drug-likeness (QED) is 0.855. The summed E-state index contributed by atoms with van der Waals surface area (Å²) in [6, 6.07) is 6.18. The van der Waals surface area contributed by atoms with Crippen molar-refractivity contribution in [3.8, 4) is 0 Å². The van der Waals surface area contributed by atoms with E-state index in [0.29, 0.717) is 13.2 Å². The molecule has 4 nitrogen and oxygen atoms in total. The molecule has 1 aliphatic carbocycles. The van der Waals surface area contributed by atoms with Gasteiger partial charge in [0.25, 0.3) is 5.91 Å². The molecule has 2 fully saturated rings. The van der Waals surface area contributed by atoms with E-state index >= 15 is 0 Å². The summed E-state index contributed by atoms with van der Waals surface area (Å²) in [7, 11) is 0. The average molecular weight is 286 g/mol. The molecule has 1 aromatic rings. The number of likely N-dealkylation sites (tertiary alicyclic amines) is 1. The number of amides is 1. The Morgan fingerprint density at radius 2 is 2.24 bits per heavy atom. The van der Waals surface area contributed by atoms with Gasteiger partial charge in [0.05, 0.1) is 13.2 Å². The number of fused-ring (bicyclic) bond motifs is 1. The summed E-state index contributed by atoms with van der Waals surface area (Å²) in [5.41, 5.74) is 9.66. The van der Waals surface area contributed by atoms with E-state index in [-0.39, 0.29) is 17.4 Å². The van der Waals surface area contributed by atoms with Crippen LogP contribution < -0.4 is 5.73 Å². The van der Waals surface area contributed by atoms with Gasteiger partial charge in [-0.3, -0.25) is 4.79 Å². The number of nitrogens with zero attached hydrogens (tertiary/aromatic N) is 1. The molecule has 1 atom stereocenters. The molecule has 4 rings (SSSR count). The fourth-order valence-corrected chi connectivity index (χ4v) is 4.07. The van der Waals surface area contributed by atoms with Crippen molar-refractivity contribution in [1.29, 1.82) is 0 Å². The number of carbonyl (C=O) groups excluding carboxylic acids is 1. The summed E-state index contributed by atoms with van der Waals surface area (Å²) < 4.78 is 5.55. The second-order valence-electron chi connectivity index (χ2n) is 6.75. The van der Waals surface area contributed by atoms with Crippen molar-refractivity contribution in [2.45, 2.75) is 38.3 Å². The lowest BCUT2D eigenvalue weighted by atomic mass is 9.66. The minimum absolute atomic E-state index is 0.136. The molecule has 2 heterocycles. The Labute approximate surface area is 125 Å². The van der Waals surface area contributed by atoms with Gasteiger partial charge in [-0.1, -0.05) is 18.6 Å². The molecule has 4 heteroatoms. The van der Waals surface area contributed by atoms with Crippen LogP contribution in [0.3, 0.4) is 0 Å². The fraction of sp³-hybridized carbons (Fsp3) is 0.588. The number of hydrogen-bond acceptors (Lipinski definition) is 3. The summed E-state index contributed by atoms with van der Waals surface area (Å²) in [4.78, 5) is 14.9. The predicted molar refractivity (Wildman–Crippen MR) is 80.0 cm³/mol. The number of rotatable bonds is 1. The molecule has 0 bridgehead atoms. The van der Waals surface area contributed by atoms with Crippen molar-refractivity contribution in [2.75, 3.05) is 19.7 Å². The number of benzene rings is 1. The molecule has 3 aliphatic rings. The first-order valence-electron chi connectivity index (χ1n) is 7.93. The predicted octanol–water partition coefficient (Wildman–Crippen LogP) is 1.71. The van der Waals surface area contributed by atoms with Crippen molar-refractivity contribution in [3.05, 3.63) is 34.9 Å². The highest BCUT2D eigenvalue weighted by atomic mass is 16.5. The Kier molecular flexibility index (Phi) is 3.05. The molecule has 2 aliphatic heterocycles. The topological polar surface area (TPSA) is 55.6 Å². The first-order chi connectivity index (χ1) is 10.2.